The third-order valence-corrected chi connectivity index (χ3v) is 5.19. The van der Waals surface area contributed by atoms with Crippen molar-refractivity contribution in [1.82, 2.24) is 15.2 Å². The van der Waals surface area contributed by atoms with Crippen LogP contribution in [0.15, 0.2) is 35.8 Å². The molecule has 7 nitrogen and oxygen atoms in total. The van der Waals surface area contributed by atoms with Crippen LogP contribution < -0.4 is 5.32 Å². The number of hydrogen-bond donors (Lipinski definition) is 2. The SMILES string of the molecule is CC(=O)N1C=Cc2ccccc2C1CC(=O)NCCc1nc(C(=O)O)cs1. The first-order valence-corrected chi connectivity index (χ1v) is 9.34. The first-order chi connectivity index (χ1) is 13.0. The Hall–Kier alpha value is -3.00. The molecule has 1 aliphatic heterocycles. The molecule has 0 fully saturated rings. The number of rotatable bonds is 6. The minimum absolute atomic E-state index is 0.0176. The number of fused-ring (bicyclic) bond motifs is 1. The molecule has 1 aromatic carbocycles. The molecule has 8 heteroatoms. The molecule has 0 saturated carbocycles. The summed E-state index contributed by atoms with van der Waals surface area (Å²) in [5, 5.41) is 13.8. The van der Waals surface area contributed by atoms with Gasteiger partial charge in [0.25, 0.3) is 0 Å². The molecule has 1 aromatic heterocycles. The lowest BCUT2D eigenvalue weighted by Crippen LogP contribution is -2.35. The molecule has 0 saturated heterocycles. The Labute approximate surface area is 160 Å². The van der Waals surface area contributed by atoms with E-state index in [0.717, 1.165) is 11.1 Å². The summed E-state index contributed by atoms with van der Waals surface area (Å²) in [6.07, 6.45) is 4.19. The monoisotopic (exact) mass is 385 g/mol. The van der Waals surface area contributed by atoms with Crippen LogP contribution in [0.5, 0.6) is 0 Å². The van der Waals surface area contributed by atoms with Crippen LogP contribution in [0, 0.1) is 0 Å². The van der Waals surface area contributed by atoms with Gasteiger partial charge in [-0.15, -0.1) is 11.3 Å². The molecular formula is C19H19N3O4S. The van der Waals surface area contributed by atoms with E-state index in [2.05, 4.69) is 10.3 Å². The van der Waals surface area contributed by atoms with E-state index in [4.69, 9.17) is 5.11 Å². The van der Waals surface area contributed by atoms with Gasteiger partial charge in [-0.05, 0) is 17.2 Å². The van der Waals surface area contributed by atoms with Gasteiger partial charge in [0.1, 0.15) is 0 Å². The number of benzene rings is 1. The zero-order valence-corrected chi connectivity index (χ0v) is 15.5. The Morgan fingerprint density at radius 1 is 1.30 bits per heavy atom. The van der Waals surface area contributed by atoms with Crippen molar-refractivity contribution >= 4 is 35.2 Å². The Balaban J connectivity index is 1.60. The molecule has 2 aromatic rings. The topological polar surface area (TPSA) is 99.6 Å². The van der Waals surface area contributed by atoms with Crippen molar-refractivity contribution < 1.29 is 19.5 Å². The maximum absolute atomic E-state index is 12.4. The highest BCUT2D eigenvalue weighted by molar-refractivity contribution is 7.09. The maximum Gasteiger partial charge on any atom is 0.355 e. The number of hydrogen-bond acceptors (Lipinski definition) is 5. The molecule has 27 heavy (non-hydrogen) atoms. The minimum Gasteiger partial charge on any atom is -0.476 e. The van der Waals surface area contributed by atoms with E-state index >= 15 is 0 Å². The van der Waals surface area contributed by atoms with E-state index in [1.54, 1.807) is 11.1 Å². The van der Waals surface area contributed by atoms with Gasteiger partial charge in [0.15, 0.2) is 5.69 Å². The average molecular weight is 385 g/mol. The quantitative estimate of drug-likeness (QED) is 0.796. The van der Waals surface area contributed by atoms with Crippen molar-refractivity contribution in [3.8, 4) is 0 Å². The van der Waals surface area contributed by atoms with Crippen LogP contribution in [0.25, 0.3) is 6.08 Å². The summed E-state index contributed by atoms with van der Waals surface area (Å²) in [4.78, 5) is 40.8. The largest absolute Gasteiger partial charge is 0.476 e. The molecule has 0 aliphatic carbocycles. The maximum atomic E-state index is 12.4. The van der Waals surface area contributed by atoms with E-state index < -0.39 is 5.97 Å². The molecule has 0 radical (unpaired) electrons. The van der Waals surface area contributed by atoms with E-state index in [1.807, 2.05) is 30.3 Å². The number of nitrogens with one attached hydrogen (secondary N) is 1. The van der Waals surface area contributed by atoms with Gasteiger partial charge in [0, 0.05) is 31.5 Å². The lowest BCUT2D eigenvalue weighted by Gasteiger charge is -2.32. The van der Waals surface area contributed by atoms with Crippen LogP contribution in [-0.4, -0.2) is 39.3 Å². The van der Waals surface area contributed by atoms with Crippen LogP contribution in [-0.2, 0) is 16.0 Å². The lowest BCUT2D eigenvalue weighted by atomic mass is 9.93. The molecular weight excluding hydrogens is 366 g/mol. The predicted molar refractivity (Wildman–Crippen MR) is 101 cm³/mol. The number of nitrogens with zero attached hydrogens (tertiary/aromatic N) is 2. The highest BCUT2D eigenvalue weighted by Crippen LogP contribution is 2.32. The van der Waals surface area contributed by atoms with Crippen LogP contribution in [0.1, 0.15) is 46.0 Å². The second-order valence-electron chi connectivity index (χ2n) is 6.12. The summed E-state index contributed by atoms with van der Waals surface area (Å²) < 4.78 is 0. The zero-order chi connectivity index (χ0) is 19.4. The Bertz CT molecular complexity index is 906. The molecule has 140 valence electrons. The van der Waals surface area contributed by atoms with E-state index in [0.29, 0.717) is 18.0 Å². The van der Waals surface area contributed by atoms with Gasteiger partial charge in [-0.1, -0.05) is 24.3 Å². The van der Waals surface area contributed by atoms with Crippen molar-refractivity contribution in [3.05, 3.63) is 57.7 Å². The fourth-order valence-corrected chi connectivity index (χ4v) is 3.77. The minimum atomic E-state index is -1.06. The first kappa shape index (κ1) is 18.8. The molecule has 1 unspecified atom stereocenters. The second-order valence-corrected chi connectivity index (χ2v) is 7.07. The number of carboxylic acids is 1. The van der Waals surface area contributed by atoms with E-state index in [-0.39, 0.29) is 30.0 Å². The van der Waals surface area contributed by atoms with Crippen molar-refractivity contribution in [3.63, 3.8) is 0 Å². The number of aromatic carboxylic acids is 1. The van der Waals surface area contributed by atoms with Crippen molar-refractivity contribution in [1.29, 1.82) is 0 Å². The second kappa shape index (κ2) is 8.13. The molecule has 0 spiro atoms. The summed E-state index contributed by atoms with van der Waals surface area (Å²) in [6, 6.07) is 7.35. The summed E-state index contributed by atoms with van der Waals surface area (Å²) >= 11 is 1.25. The van der Waals surface area contributed by atoms with Gasteiger partial charge >= 0.3 is 5.97 Å². The third kappa shape index (κ3) is 4.40. The van der Waals surface area contributed by atoms with Gasteiger partial charge in [0.05, 0.1) is 17.5 Å². The van der Waals surface area contributed by atoms with E-state index in [9.17, 15) is 14.4 Å². The van der Waals surface area contributed by atoms with E-state index in [1.165, 1.54) is 23.6 Å². The number of amides is 2. The van der Waals surface area contributed by atoms with Crippen LogP contribution in [0.2, 0.25) is 0 Å². The molecule has 2 amide bonds. The average Bonchev–Trinajstić information content (AvgIpc) is 3.11. The van der Waals surface area contributed by atoms with Gasteiger partial charge in [-0.25, -0.2) is 9.78 Å². The molecule has 1 aliphatic rings. The van der Waals surface area contributed by atoms with Crippen molar-refractivity contribution in [2.24, 2.45) is 0 Å². The van der Waals surface area contributed by atoms with Crippen molar-refractivity contribution in [2.45, 2.75) is 25.8 Å². The standard InChI is InChI=1S/C19H19N3O4S/c1-12(23)22-9-7-13-4-2-3-5-14(13)16(22)10-17(24)20-8-6-18-21-15(11-27-18)19(25)26/h2-5,7,9,11,16H,6,8,10H2,1H3,(H,20,24)(H,25,26). The molecule has 2 N–H and O–H groups in total. The summed E-state index contributed by atoms with van der Waals surface area (Å²) in [7, 11) is 0. The van der Waals surface area contributed by atoms with Crippen LogP contribution in [0.4, 0.5) is 0 Å². The number of carbonyl (C=O) groups is 3. The Morgan fingerprint density at radius 2 is 2.07 bits per heavy atom. The fourth-order valence-electron chi connectivity index (χ4n) is 2.99. The lowest BCUT2D eigenvalue weighted by molar-refractivity contribution is -0.129. The van der Waals surface area contributed by atoms with Gasteiger partial charge < -0.3 is 15.3 Å². The zero-order valence-electron chi connectivity index (χ0n) is 14.7. The normalized spacial score (nSPS) is 15.3. The molecule has 3 rings (SSSR count). The fraction of sp³-hybridized carbons (Fsp3) is 0.263. The molecule has 2 heterocycles. The Kier molecular flexibility index (Phi) is 5.66. The first-order valence-electron chi connectivity index (χ1n) is 8.46. The molecule has 1 atom stereocenters. The van der Waals surface area contributed by atoms with Gasteiger partial charge in [-0.2, -0.15) is 0 Å². The van der Waals surface area contributed by atoms with Crippen LogP contribution in [0.3, 0.4) is 0 Å². The highest BCUT2D eigenvalue weighted by Gasteiger charge is 2.28. The summed E-state index contributed by atoms with van der Waals surface area (Å²) in [5.74, 6) is -1.36. The van der Waals surface area contributed by atoms with Gasteiger partial charge in [0.2, 0.25) is 11.8 Å². The molecule has 0 bridgehead atoms. The van der Waals surface area contributed by atoms with Gasteiger partial charge in [-0.3, -0.25) is 9.59 Å². The van der Waals surface area contributed by atoms with Crippen LogP contribution >= 0.6 is 11.3 Å². The smallest absolute Gasteiger partial charge is 0.355 e. The number of carboxylic acid groups (broad SMARTS) is 1. The Morgan fingerprint density at radius 3 is 2.78 bits per heavy atom. The number of carbonyl (C=O) groups excluding carboxylic acids is 2. The third-order valence-electron chi connectivity index (χ3n) is 4.28. The van der Waals surface area contributed by atoms with Crippen molar-refractivity contribution in [2.75, 3.05) is 6.54 Å². The summed E-state index contributed by atoms with van der Waals surface area (Å²) in [6.45, 7) is 1.83. The predicted octanol–water partition coefficient (Wildman–Crippen LogP) is 2.46. The summed E-state index contributed by atoms with van der Waals surface area (Å²) in [5.41, 5.74) is 1.96. The number of aromatic nitrogens is 1. The highest BCUT2D eigenvalue weighted by atomic mass is 32.1. The number of thiazole rings is 1.